The van der Waals surface area contributed by atoms with Gasteiger partial charge in [-0.25, -0.2) is 4.98 Å². The molecule has 4 N–H and O–H groups in total. The molecule has 1 atom stereocenters. The highest BCUT2D eigenvalue weighted by Crippen LogP contribution is 2.18. The van der Waals surface area contributed by atoms with Crippen LogP contribution in [0.2, 0.25) is 0 Å². The maximum atomic E-state index is 12.2. The Labute approximate surface area is 186 Å². The zero-order chi connectivity index (χ0) is 22.8. The number of anilines is 1. The number of benzene rings is 1. The van der Waals surface area contributed by atoms with Crippen LogP contribution in [-0.2, 0) is 6.42 Å². The standard InChI is InChI=1S/C24H26N6O2/c1-2-19(13-26)20-11-22(24(31)30-14-20)29-10-8-21(23-15-27-16-32-23)28-9-7-17-3-5-18(12-25)6-4-17/h2-6,11,13-16,21,26,28-29H,7-10H2,1H3,(H,30,31)/b19-2+,26-13?. The summed E-state index contributed by atoms with van der Waals surface area (Å²) in [4.78, 5) is 18.9. The number of hydrogen-bond acceptors (Lipinski definition) is 7. The summed E-state index contributed by atoms with van der Waals surface area (Å²) in [6.45, 7) is 3.11. The minimum Gasteiger partial charge on any atom is -0.447 e. The van der Waals surface area contributed by atoms with Crippen molar-refractivity contribution in [2.24, 2.45) is 0 Å². The number of aromatic nitrogens is 2. The fourth-order valence-electron chi connectivity index (χ4n) is 3.35. The van der Waals surface area contributed by atoms with E-state index in [2.05, 4.69) is 26.7 Å². The minimum absolute atomic E-state index is 0.0710. The maximum absolute atomic E-state index is 12.2. The van der Waals surface area contributed by atoms with Gasteiger partial charge in [-0.1, -0.05) is 18.2 Å². The van der Waals surface area contributed by atoms with E-state index in [0.29, 0.717) is 24.2 Å². The highest BCUT2D eigenvalue weighted by atomic mass is 16.3. The normalized spacial score (nSPS) is 12.2. The molecule has 3 aromatic rings. The summed E-state index contributed by atoms with van der Waals surface area (Å²) in [6, 6.07) is 11.3. The van der Waals surface area contributed by atoms with Crippen LogP contribution in [0.5, 0.6) is 0 Å². The maximum Gasteiger partial charge on any atom is 0.271 e. The van der Waals surface area contributed by atoms with Gasteiger partial charge in [-0.05, 0) is 55.6 Å². The van der Waals surface area contributed by atoms with Gasteiger partial charge >= 0.3 is 0 Å². The van der Waals surface area contributed by atoms with Crippen molar-refractivity contribution in [2.45, 2.75) is 25.8 Å². The Morgan fingerprint density at radius 1 is 1.34 bits per heavy atom. The Kier molecular flexibility index (Phi) is 8.12. The monoisotopic (exact) mass is 430 g/mol. The predicted octanol–water partition coefficient (Wildman–Crippen LogP) is 3.66. The number of pyridine rings is 1. The first-order valence-electron chi connectivity index (χ1n) is 10.4. The molecule has 0 spiro atoms. The van der Waals surface area contributed by atoms with Crippen molar-refractivity contribution < 1.29 is 4.42 Å². The molecule has 2 aromatic heterocycles. The Bertz CT molecular complexity index is 1140. The molecule has 32 heavy (non-hydrogen) atoms. The first kappa shape index (κ1) is 22.7. The van der Waals surface area contributed by atoms with Crippen molar-refractivity contribution >= 4 is 17.5 Å². The molecule has 8 nitrogen and oxygen atoms in total. The summed E-state index contributed by atoms with van der Waals surface area (Å²) < 4.78 is 5.50. The van der Waals surface area contributed by atoms with Crippen LogP contribution in [0.15, 0.2) is 64.4 Å². The molecule has 8 heteroatoms. The number of nitrogens with zero attached hydrogens (tertiary/aromatic N) is 2. The largest absolute Gasteiger partial charge is 0.447 e. The second kappa shape index (κ2) is 11.4. The van der Waals surface area contributed by atoms with Crippen LogP contribution in [0.4, 0.5) is 5.69 Å². The van der Waals surface area contributed by atoms with E-state index in [-0.39, 0.29) is 11.6 Å². The highest BCUT2D eigenvalue weighted by Gasteiger charge is 2.15. The zero-order valence-corrected chi connectivity index (χ0v) is 17.9. The van der Waals surface area contributed by atoms with Gasteiger partial charge in [0.05, 0.1) is 23.9 Å². The van der Waals surface area contributed by atoms with Crippen molar-refractivity contribution in [2.75, 3.05) is 18.4 Å². The third-order valence-corrected chi connectivity index (χ3v) is 5.13. The fraction of sp³-hybridized carbons (Fsp3) is 0.250. The third kappa shape index (κ3) is 6.03. The predicted molar refractivity (Wildman–Crippen MR) is 125 cm³/mol. The molecule has 0 aliphatic heterocycles. The molecule has 0 fully saturated rings. The molecule has 0 amide bonds. The summed E-state index contributed by atoms with van der Waals surface area (Å²) in [5, 5.41) is 23.1. The van der Waals surface area contributed by atoms with Gasteiger partial charge in [0.1, 0.15) is 11.4 Å². The molecule has 0 aliphatic rings. The van der Waals surface area contributed by atoms with Crippen LogP contribution >= 0.6 is 0 Å². The summed E-state index contributed by atoms with van der Waals surface area (Å²) in [5.74, 6) is 0.731. The van der Waals surface area contributed by atoms with E-state index in [9.17, 15) is 4.79 Å². The first-order chi connectivity index (χ1) is 15.6. The number of H-pyrrole nitrogens is 1. The first-order valence-corrected chi connectivity index (χ1v) is 10.4. The third-order valence-electron chi connectivity index (χ3n) is 5.13. The van der Waals surface area contributed by atoms with Crippen molar-refractivity contribution in [1.82, 2.24) is 15.3 Å². The summed E-state index contributed by atoms with van der Waals surface area (Å²) >= 11 is 0. The van der Waals surface area contributed by atoms with Gasteiger partial charge in [0.25, 0.3) is 5.56 Å². The van der Waals surface area contributed by atoms with Crippen molar-refractivity contribution in [1.29, 1.82) is 10.7 Å². The van der Waals surface area contributed by atoms with Gasteiger partial charge in [0.15, 0.2) is 6.39 Å². The van der Waals surface area contributed by atoms with E-state index in [1.807, 2.05) is 37.3 Å². The van der Waals surface area contributed by atoms with Crippen LogP contribution < -0.4 is 16.2 Å². The van der Waals surface area contributed by atoms with Gasteiger partial charge in [0.2, 0.25) is 0 Å². The lowest BCUT2D eigenvalue weighted by molar-refractivity contribution is 0.401. The topological polar surface area (TPSA) is 131 Å². The smallest absolute Gasteiger partial charge is 0.271 e. The molecular weight excluding hydrogens is 404 g/mol. The van der Waals surface area contributed by atoms with Crippen molar-refractivity contribution in [3.05, 3.63) is 88.0 Å². The molecule has 1 unspecified atom stereocenters. The number of rotatable bonds is 11. The molecule has 0 bridgehead atoms. The van der Waals surface area contributed by atoms with E-state index in [0.717, 1.165) is 35.4 Å². The average Bonchev–Trinajstić information content (AvgIpc) is 3.36. The lowest BCUT2D eigenvalue weighted by atomic mass is 10.1. The fourth-order valence-corrected chi connectivity index (χ4v) is 3.35. The van der Waals surface area contributed by atoms with Crippen LogP contribution in [0.1, 0.15) is 41.8 Å². The summed E-state index contributed by atoms with van der Waals surface area (Å²) in [6.07, 6.45) is 9.26. The Morgan fingerprint density at radius 3 is 2.81 bits per heavy atom. The number of aromatic amines is 1. The number of nitrogens with one attached hydrogen (secondary N) is 4. The summed E-state index contributed by atoms with van der Waals surface area (Å²) in [5.41, 5.74) is 3.54. The number of hydrogen-bond donors (Lipinski definition) is 4. The number of nitriles is 1. The molecule has 2 heterocycles. The quantitative estimate of drug-likeness (QED) is 0.343. The van der Waals surface area contributed by atoms with Gasteiger partial charge in [-0.15, -0.1) is 0 Å². The lowest BCUT2D eigenvalue weighted by Crippen LogP contribution is -2.26. The van der Waals surface area contributed by atoms with Crippen LogP contribution in [0, 0.1) is 16.7 Å². The van der Waals surface area contributed by atoms with Crippen LogP contribution in [0.3, 0.4) is 0 Å². The van der Waals surface area contributed by atoms with Crippen LogP contribution in [0.25, 0.3) is 5.57 Å². The molecule has 0 saturated carbocycles. The SMILES string of the molecule is C/C=C(\C=N)c1c[nH]c(=O)c(NCCC(NCCc2ccc(C#N)cc2)c2cnco2)c1. The van der Waals surface area contributed by atoms with Crippen molar-refractivity contribution in [3.8, 4) is 6.07 Å². The van der Waals surface area contributed by atoms with Gasteiger partial charge in [0, 0.05) is 24.5 Å². The van der Waals surface area contributed by atoms with E-state index in [4.69, 9.17) is 15.1 Å². The highest BCUT2D eigenvalue weighted by molar-refractivity contribution is 6.08. The molecule has 3 rings (SSSR count). The van der Waals surface area contributed by atoms with Gasteiger partial charge in [-0.2, -0.15) is 5.26 Å². The lowest BCUT2D eigenvalue weighted by Gasteiger charge is -2.17. The Balaban J connectivity index is 1.59. The van der Waals surface area contributed by atoms with E-state index in [1.165, 1.54) is 12.6 Å². The molecule has 164 valence electrons. The molecule has 0 saturated heterocycles. The minimum atomic E-state index is -0.209. The molecule has 0 radical (unpaired) electrons. The van der Waals surface area contributed by atoms with E-state index >= 15 is 0 Å². The second-order valence-electron chi connectivity index (χ2n) is 7.20. The summed E-state index contributed by atoms with van der Waals surface area (Å²) in [7, 11) is 0. The number of allylic oxidation sites excluding steroid dienone is 2. The van der Waals surface area contributed by atoms with Crippen LogP contribution in [-0.4, -0.2) is 29.3 Å². The van der Waals surface area contributed by atoms with E-state index in [1.54, 1.807) is 18.5 Å². The average molecular weight is 431 g/mol. The molecular formula is C24H26N6O2. The Morgan fingerprint density at radius 2 is 2.16 bits per heavy atom. The molecule has 1 aromatic carbocycles. The van der Waals surface area contributed by atoms with Gasteiger partial charge in [-0.3, -0.25) is 4.79 Å². The van der Waals surface area contributed by atoms with Gasteiger partial charge < -0.3 is 25.4 Å². The van der Waals surface area contributed by atoms with Crippen molar-refractivity contribution in [3.63, 3.8) is 0 Å². The molecule has 0 aliphatic carbocycles. The zero-order valence-electron chi connectivity index (χ0n) is 17.9. The Hall–Kier alpha value is -3.96. The van der Waals surface area contributed by atoms with E-state index < -0.39 is 0 Å². The second-order valence-corrected chi connectivity index (χ2v) is 7.20. The number of oxazole rings is 1.